The second-order valence-electron chi connectivity index (χ2n) is 6.86. The first-order valence-corrected chi connectivity index (χ1v) is 13.0. The van der Waals surface area contributed by atoms with Crippen LogP contribution in [0, 0.1) is 0 Å². The molecule has 0 fully saturated rings. The molecule has 1 N–H and O–H groups in total. The lowest BCUT2D eigenvalue weighted by Gasteiger charge is -2.24. The van der Waals surface area contributed by atoms with E-state index in [1.54, 1.807) is 31.2 Å². The minimum Gasteiger partial charge on any atom is -0.494 e. The van der Waals surface area contributed by atoms with Crippen molar-refractivity contribution in [3.05, 3.63) is 59.7 Å². The molecule has 0 aromatic heterocycles. The van der Waals surface area contributed by atoms with Gasteiger partial charge in [0.25, 0.3) is 0 Å². The van der Waals surface area contributed by atoms with Crippen LogP contribution in [0.25, 0.3) is 0 Å². The Kier molecular flexibility index (Phi) is 6.37. The van der Waals surface area contributed by atoms with Crippen molar-refractivity contribution >= 4 is 31.4 Å². The lowest BCUT2D eigenvalue weighted by Crippen LogP contribution is -2.28. The van der Waals surface area contributed by atoms with Crippen LogP contribution in [0.1, 0.15) is 37.4 Å². The van der Waals surface area contributed by atoms with Gasteiger partial charge in [0.05, 0.1) is 30.4 Å². The summed E-state index contributed by atoms with van der Waals surface area (Å²) in [5, 5.41) is 4.43. The summed E-state index contributed by atoms with van der Waals surface area (Å²) >= 11 is 0. The van der Waals surface area contributed by atoms with Crippen molar-refractivity contribution in [2.24, 2.45) is 5.10 Å². The van der Waals surface area contributed by atoms with Gasteiger partial charge in [-0.25, -0.2) is 16.8 Å². The fourth-order valence-electron chi connectivity index (χ4n) is 3.27. The third-order valence-corrected chi connectivity index (χ3v) is 6.86. The number of para-hydroxylation sites is 1. The van der Waals surface area contributed by atoms with E-state index >= 15 is 0 Å². The molecule has 1 heterocycles. The standard InChI is InChI=1S/C20H25N3O5S2/c1-4-28-20-9-7-6-8-17(20)19-14-18(21-23(19)30(26,27)5-2)15-10-12-16(13-11-15)22-29(3,24)25/h6-13,19,22H,4-5,14H2,1-3H3. The molecule has 1 aliphatic rings. The molecule has 2 aromatic rings. The Morgan fingerprint density at radius 2 is 1.73 bits per heavy atom. The zero-order valence-electron chi connectivity index (χ0n) is 17.1. The summed E-state index contributed by atoms with van der Waals surface area (Å²) in [5.41, 5.74) is 2.51. The fourth-order valence-corrected chi connectivity index (χ4v) is 4.90. The lowest BCUT2D eigenvalue weighted by atomic mass is 9.98. The Morgan fingerprint density at radius 1 is 1.07 bits per heavy atom. The van der Waals surface area contributed by atoms with E-state index < -0.39 is 26.1 Å². The van der Waals surface area contributed by atoms with Crippen molar-refractivity contribution < 1.29 is 21.6 Å². The number of sulfonamides is 2. The summed E-state index contributed by atoms with van der Waals surface area (Å²) in [7, 11) is -6.98. The number of hydrogen-bond acceptors (Lipinski definition) is 6. The number of hydrogen-bond donors (Lipinski definition) is 1. The van der Waals surface area contributed by atoms with Crippen LogP contribution in [0.2, 0.25) is 0 Å². The summed E-state index contributed by atoms with van der Waals surface area (Å²) in [6.07, 6.45) is 1.46. The van der Waals surface area contributed by atoms with Gasteiger partial charge in [-0.3, -0.25) is 4.72 Å². The van der Waals surface area contributed by atoms with Gasteiger partial charge in [0.15, 0.2) is 0 Å². The van der Waals surface area contributed by atoms with E-state index in [0.717, 1.165) is 17.4 Å². The summed E-state index contributed by atoms with van der Waals surface area (Å²) < 4.78 is 57.6. The van der Waals surface area contributed by atoms with Gasteiger partial charge in [0.1, 0.15) is 5.75 Å². The Bertz CT molecular complexity index is 1140. The van der Waals surface area contributed by atoms with Gasteiger partial charge in [-0.1, -0.05) is 30.3 Å². The van der Waals surface area contributed by atoms with Crippen molar-refractivity contribution in [1.29, 1.82) is 0 Å². The number of nitrogens with zero attached hydrogens (tertiary/aromatic N) is 2. The minimum atomic E-state index is -3.60. The molecular weight excluding hydrogens is 426 g/mol. The van der Waals surface area contributed by atoms with Crippen LogP contribution in [0.3, 0.4) is 0 Å². The highest BCUT2D eigenvalue weighted by atomic mass is 32.2. The van der Waals surface area contributed by atoms with E-state index in [1.165, 1.54) is 4.41 Å². The number of benzene rings is 2. The zero-order chi connectivity index (χ0) is 21.9. The molecule has 1 atom stereocenters. The van der Waals surface area contributed by atoms with Crippen LogP contribution in [0.5, 0.6) is 5.75 Å². The van der Waals surface area contributed by atoms with E-state index in [9.17, 15) is 16.8 Å². The molecule has 2 aromatic carbocycles. The predicted octanol–water partition coefficient (Wildman–Crippen LogP) is 2.96. The highest BCUT2D eigenvalue weighted by molar-refractivity contribution is 7.92. The molecule has 30 heavy (non-hydrogen) atoms. The summed E-state index contributed by atoms with van der Waals surface area (Å²) in [5.74, 6) is 0.555. The largest absolute Gasteiger partial charge is 0.494 e. The van der Waals surface area contributed by atoms with Gasteiger partial charge < -0.3 is 4.74 Å². The quantitative estimate of drug-likeness (QED) is 0.664. The maximum absolute atomic E-state index is 12.7. The number of ether oxygens (including phenoxy) is 1. The van der Waals surface area contributed by atoms with Gasteiger partial charge in [-0.15, -0.1) is 0 Å². The van der Waals surface area contributed by atoms with Crippen molar-refractivity contribution in [2.75, 3.05) is 23.3 Å². The van der Waals surface area contributed by atoms with Crippen molar-refractivity contribution in [1.82, 2.24) is 4.41 Å². The van der Waals surface area contributed by atoms with Crippen LogP contribution >= 0.6 is 0 Å². The number of anilines is 1. The van der Waals surface area contributed by atoms with E-state index in [0.29, 0.717) is 30.2 Å². The van der Waals surface area contributed by atoms with Gasteiger partial charge in [0.2, 0.25) is 20.0 Å². The third-order valence-electron chi connectivity index (χ3n) is 4.62. The third kappa shape index (κ3) is 4.93. The van der Waals surface area contributed by atoms with Crippen molar-refractivity contribution in [3.8, 4) is 5.75 Å². The summed E-state index contributed by atoms with van der Waals surface area (Å²) in [6, 6.07) is 13.5. The minimum absolute atomic E-state index is 0.0751. The van der Waals surface area contributed by atoms with Crippen molar-refractivity contribution in [2.45, 2.75) is 26.3 Å². The monoisotopic (exact) mass is 451 g/mol. The van der Waals surface area contributed by atoms with Crippen LogP contribution < -0.4 is 9.46 Å². The molecule has 162 valence electrons. The molecule has 0 bridgehead atoms. The molecule has 1 unspecified atom stereocenters. The predicted molar refractivity (Wildman–Crippen MR) is 118 cm³/mol. The number of hydrazone groups is 1. The Balaban J connectivity index is 1.97. The van der Waals surface area contributed by atoms with Gasteiger partial charge in [-0.05, 0) is 37.6 Å². The lowest BCUT2D eigenvalue weighted by molar-refractivity contribution is 0.317. The van der Waals surface area contributed by atoms with Crippen LogP contribution in [-0.2, 0) is 20.0 Å². The SMILES string of the molecule is CCOc1ccccc1C1CC(c2ccc(NS(C)(=O)=O)cc2)=NN1S(=O)(=O)CC. The molecule has 8 nitrogen and oxygen atoms in total. The topological polar surface area (TPSA) is 105 Å². The molecular formula is C20H25N3O5S2. The van der Waals surface area contributed by atoms with Gasteiger partial charge >= 0.3 is 0 Å². The molecule has 1 aliphatic heterocycles. The maximum Gasteiger partial charge on any atom is 0.250 e. The molecule has 0 spiro atoms. The van der Waals surface area contributed by atoms with E-state index in [4.69, 9.17) is 4.74 Å². The van der Waals surface area contributed by atoms with Crippen LogP contribution in [0.15, 0.2) is 53.6 Å². The molecule has 0 saturated carbocycles. The second-order valence-corrected chi connectivity index (χ2v) is 10.7. The van der Waals surface area contributed by atoms with E-state index in [1.807, 2.05) is 31.2 Å². The molecule has 0 aliphatic carbocycles. The molecule has 0 amide bonds. The average Bonchev–Trinajstić information content (AvgIpc) is 3.14. The highest BCUT2D eigenvalue weighted by Crippen LogP contribution is 2.39. The molecule has 0 saturated heterocycles. The van der Waals surface area contributed by atoms with Crippen LogP contribution in [0.4, 0.5) is 5.69 Å². The normalized spacial score (nSPS) is 17.0. The van der Waals surface area contributed by atoms with Crippen LogP contribution in [-0.4, -0.2) is 45.6 Å². The Labute approximate surface area is 177 Å². The van der Waals surface area contributed by atoms with Gasteiger partial charge in [0, 0.05) is 17.7 Å². The van der Waals surface area contributed by atoms with E-state index in [2.05, 4.69) is 9.82 Å². The maximum atomic E-state index is 12.7. The highest BCUT2D eigenvalue weighted by Gasteiger charge is 2.37. The smallest absolute Gasteiger partial charge is 0.250 e. The zero-order valence-corrected chi connectivity index (χ0v) is 18.7. The first-order chi connectivity index (χ1) is 14.1. The molecule has 3 rings (SSSR count). The first kappa shape index (κ1) is 22.1. The van der Waals surface area contributed by atoms with E-state index in [-0.39, 0.29) is 5.75 Å². The van der Waals surface area contributed by atoms with Crippen molar-refractivity contribution in [3.63, 3.8) is 0 Å². The fraction of sp³-hybridized carbons (Fsp3) is 0.350. The summed E-state index contributed by atoms with van der Waals surface area (Å²) in [6.45, 7) is 3.92. The number of nitrogens with one attached hydrogen (secondary N) is 1. The molecule has 0 radical (unpaired) electrons. The first-order valence-electron chi connectivity index (χ1n) is 9.54. The van der Waals surface area contributed by atoms with Gasteiger partial charge in [-0.2, -0.15) is 9.52 Å². The second kappa shape index (κ2) is 8.65. The summed E-state index contributed by atoms with van der Waals surface area (Å²) in [4.78, 5) is 0. The Hall–Kier alpha value is -2.59. The average molecular weight is 452 g/mol. The molecule has 10 heteroatoms. The number of rotatable bonds is 8. The Morgan fingerprint density at radius 3 is 2.33 bits per heavy atom.